The van der Waals surface area contributed by atoms with Gasteiger partial charge in [0, 0.05) is 0 Å². The van der Waals surface area contributed by atoms with Crippen molar-refractivity contribution in [2.24, 2.45) is 0 Å². The van der Waals surface area contributed by atoms with Gasteiger partial charge in [0.15, 0.2) is 80.5 Å². The molecule has 0 radical (unpaired) electrons. The summed E-state index contributed by atoms with van der Waals surface area (Å²) < 4.78 is 387. The Bertz CT molecular complexity index is 4150. The molecule has 117 heavy (non-hydrogen) atoms. The van der Waals surface area contributed by atoms with E-state index in [-0.39, 0.29) is 262 Å². The first kappa shape index (κ1) is 127. The Hall–Kier alpha value is 3.49. The molecule has 5 heterocycles. The van der Waals surface area contributed by atoms with Gasteiger partial charge in [-0.25, -0.2) is 95.9 Å². The SMILES string of the molecule is C=CCCOC(=O)/C=C(\CO)OC1OC(COS(=O)(=O)[O-])C(OC2OC(C(=O)OCCC=C)C(OC3OC(COS(=O)(=O)[O-])C(OC4OC(C(=O)OCCC=C)C(OC5OC(COS(=O)(=O)[O-])C(O)C(O)C5NS(=O)(=O)[O-])C(O)C4OS(=O)(=O)[O-])C(O)C3NS(=O)(=O)[O-])C(O)C2OS(=O)(=O)[O-])C(O)C1NS(=O)(=O)[O-].[Na+].[Na+].[Na+].[Na+].[Na+].[Na+].[Na+].[Na+]. The molecule has 0 amide bonds. The molecule has 0 aromatic carbocycles. The fourth-order valence-corrected chi connectivity index (χ4v) is 13.8. The van der Waals surface area contributed by atoms with Crippen LogP contribution in [0, 0.1) is 0 Å². The van der Waals surface area contributed by atoms with Crippen LogP contribution in [-0.4, -0.2) is 357 Å². The van der Waals surface area contributed by atoms with Crippen LogP contribution in [-0.2, 0) is 180 Å². The van der Waals surface area contributed by atoms with Crippen molar-refractivity contribution < 1.29 is 473 Å². The Labute approximate surface area is 844 Å². The number of nitrogens with one attached hydrogen (secondary N) is 3. The van der Waals surface area contributed by atoms with Gasteiger partial charge >= 0.3 is 254 Å². The number of aliphatic hydroxyl groups excluding tert-OH is 7. The molecule has 55 nitrogen and oxygen atoms in total. The molecule has 0 bridgehead atoms. The summed E-state index contributed by atoms with van der Waals surface area (Å²) >= 11 is 0. The summed E-state index contributed by atoms with van der Waals surface area (Å²) in [4.78, 5) is 40.7. The van der Waals surface area contributed by atoms with Gasteiger partial charge in [-0.05, 0) is 19.3 Å². The Morgan fingerprint density at radius 3 is 0.983 bits per heavy atom. The van der Waals surface area contributed by atoms with Gasteiger partial charge in [0.1, 0.15) is 110 Å². The van der Waals surface area contributed by atoms with E-state index < -0.39 is 300 Å². The molecule has 0 spiro atoms. The maximum atomic E-state index is 14.2. The fourth-order valence-electron chi connectivity index (χ4n) is 10.2. The Balaban J connectivity index is -0.00000798. The van der Waals surface area contributed by atoms with Crippen LogP contribution in [0.15, 0.2) is 49.8 Å². The Morgan fingerprint density at radius 2 is 0.667 bits per heavy atom. The second kappa shape index (κ2) is 55.7. The molecular formula is C46H65N3Na8O52S8. The Morgan fingerprint density at radius 1 is 0.368 bits per heavy atom. The normalized spacial score (nSPS) is 31.8. The van der Waals surface area contributed by atoms with Crippen molar-refractivity contribution in [2.45, 2.75) is 173 Å². The summed E-state index contributed by atoms with van der Waals surface area (Å²) in [7, 11) is -49.2. The van der Waals surface area contributed by atoms with E-state index in [1.807, 2.05) is 0 Å². The maximum absolute atomic E-state index is 14.2. The van der Waals surface area contributed by atoms with Crippen molar-refractivity contribution in [1.82, 2.24) is 14.2 Å². The van der Waals surface area contributed by atoms with E-state index in [4.69, 9.17) is 61.6 Å². The number of carbonyl (C=O) groups is 3. The third-order valence-electron chi connectivity index (χ3n) is 14.5. The van der Waals surface area contributed by atoms with E-state index in [1.54, 1.807) is 0 Å². The predicted octanol–water partition coefficient (Wildman–Crippen LogP) is -38.0. The maximum Gasteiger partial charge on any atom is 1.00 e. The van der Waals surface area contributed by atoms with Crippen LogP contribution in [0.1, 0.15) is 19.3 Å². The molecule has 25 atom stereocenters. The third-order valence-corrected chi connectivity index (χ3v) is 18.4. The molecule has 0 saturated carbocycles. The van der Waals surface area contributed by atoms with Gasteiger partial charge in [-0.1, -0.05) is 18.2 Å². The molecule has 5 aliphatic heterocycles. The quantitative estimate of drug-likeness (QED) is 0.00312. The third kappa shape index (κ3) is 43.2. The molecule has 632 valence electrons. The predicted molar refractivity (Wildman–Crippen MR) is 318 cm³/mol. The van der Waals surface area contributed by atoms with Gasteiger partial charge in [0.2, 0.25) is 58.3 Å². The van der Waals surface area contributed by atoms with E-state index in [0.29, 0.717) is 6.08 Å². The van der Waals surface area contributed by atoms with E-state index in [2.05, 4.69) is 40.7 Å². The van der Waals surface area contributed by atoms with Gasteiger partial charge in [-0.15, -0.1) is 19.7 Å². The minimum atomic E-state index is -6.51. The molecule has 0 aromatic heterocycles. The van der Waals surface area contributed by atoms with Crippen molar-refractivity contribution in [3.05, 3.63) is 49.8 Å². The molecule has 5 saturated heterocycles. The first-order valence-corrected chi connectivity index (χ1v) is 40.5. The monoisotopic (exact) mass is 1930 g/mol. The van der Waals surface area contributed by atoms with Crippen LogP contribution in [0.25, 0.3) is 0 Å². The van der Waals surface area contributed by atoms with Gasteiger partial charge in [-0.3, -0.25) is 20.9 Å². The van der Waals surface area contributed by atoms with E-state index in [0.717, 1.165) is 21.6 Å². The van der Waals surface area contributed by atoms with Gasteiger partial charge in [0.05, 0.1) is 45.7 Å². The molecule has 71 heteroatoms. The topological polar surface area (TPSA) is 853 Å². The first-order chi connectivity index (χ1) is 50.1. The summed E-state index contributed by atoms with van der Waals surface area (Å²) in [6.45, 7) is 1.19. The average molecular weight is 1930 g/mol. The van der Waals surface area contributed by atoms with Crippen molar-refractivity contribution in [2.75, 3.05) is 46.2 Å². The molecule has 10 N–H and O–H groups in total. The molecule has 25 unspecified atom stereocenters. The van der Waals surface area contributed by atoms with Crippen LogP contribution in [0.3, 0.4) is 0 Å². The van der Waals surface area contributed by atoms with Crippen molar-refractivity contribution in [3.8, 4) is 0 Å². The number of ether oxygens (including phenoxy) is 13. The zero-order valence-corrected chi connectivity index (χ0v) is 84.7. The van der Waals surface area contributed by atoms with E-state index in [1.165, 1.54) is 10.8 Å². The number of hydrogen-bond acceptors (Lipinski definition) is 52. The van der Waals surface area contributed by atoms with E-state index >= 15 is 0 Å². The van der Waals surface area contributed by atoms with Gasteiger partial charge < -0.3 is 134 Å². The van der Waals surface area contributed by atoms with Crippen molar-refractivity contribution >= 4 is 101 Å². The van der Waals surface area contributed by atoms with Gasteiger partial charge in [0.25, 0.3) is 0 Å². The average Bonchev–Trinajstić information content (AvgIpc) is 0.744. The number of aliphatic hydroxyl groups is 7. The van der Waals surface area contributed by atoms with E-state index in [9.17, 15) is 154 Å². The summed E-state index contributed by atoms with van der Waals surface area (Å²) in [6.07, 6.45) is -63.3. The van der Waals surface area contributed by atoms with Crippen molar-refractivity contribution in [1.29, 1.82) is 0 Å². The largest absolute Gasteiger partial charge is 1.00 e. The summed E-state index contributed by atoms with van der Waals surface area (Å²) in [5.41, 5.74) is 0. The van der Waals surface area contributed by atoms with Crippen molar-refractivity contribution in [3.63, 3.8) is 0 Å². The van der Waals surface area contributed by atoms with Gasteiger partial charge in [-0.2, -0.15) is 0 Å². The number of rotatable bonds is 42. The summed E-state index contributed by atoms with van der Waals surface area (Å²) in [5.74, 6) is -6.22. The minimum Gasteiger partial charge on any atom is -0.735 e. The second-order valence-corrected chi connectivity index (χ2v) is 30.9. The first-order valence-electron chi connectivity index (χ1n) is 29.6. The number of carbonyl (C=O) groups excluding carboxylic acids is 3. The summed E-state index contributed by atoms with van der Waals surface area (Å²) in [5, 5.41) is 79.9. The smallest absolute Gasteiger partial charge is 0.735 e. The van der Waals surface area contributed by atoms with Crippen LogP contribution >= 0.6 is 0 Å². The molecule has 0 aromatic rings. The fraction of sp³-hybridized carbons (Fsp3) is 0.761. The van der Waals surface area contributed by atoms with Crippen LogP contribution < -0.4 is 251 Å². The standard InChI is InChI=1S/C46H73N3O52S8.8Na/c1-4-7-10-84-22(51)13-18(14-50)90-42-24(48-103(63,64)65)28(54)32(20(92-42)16-88-106(72,73)74)94-45-37(101-109(81,82)83)31(57)35(39(99-45)41(59)86-12-9-6-3)97-44-25(49-104(66,67)68)29(55)33(21(93-44)17-89-107(75,76)77)95-46-36(100-108(78,79)80)30(56)34(38(98-46)40(58)85-11-8-5-2)96-43-23(47-102(60,61)62)27(53)26(52)19(91-43)15-87-105(69,70)71;;;;;;;;/h4-6,13,19-21,23-39,42-50,52-57H,1-3,7-12,14-17H2,(H,60,61,62)(H,63,64,65)(H,66,67,68)(H,69,70,71)(H,72,73,74)(H,75,76,77)(H,78,79,80)(H,81,82,83);;;;;;;;/q;8*+1/p-8/b18-13+;;;;;;;;. The second-order valence-electron chi connectivity index (χ2n) is 22.3. The summed E-state index contributed by atoms with van der Waals surface area (Å²) in [6, 6.07) is -8.69. The zero-order chi connectivity index (χ0) is 82.5. The molecule has 5 fully saturated rings. The molecule has 5 aliphatic rings. The molecule has 5 rings (SSSR count). The number of esters is 3. The number of hydrogen-bond donors (Lipinski definition) is 10. The zero-order valence-electron chi connectivity index (χ0n) is 62.2. The van der Waals surface area contributed by atoms with Crippen LogP contribution in [0.5, 0.6) is 0 Å². The minimum absolute atomic E-state index is 0. The van der Waals surface area contributed by atoms with Crippen LogP contribution in [0.2, 0.25) is 0 Å². The molecule has 0 aliphatic carbocycles. The van der Waals surface area contributed by atoms with Crippen LogP contribution in [0.4, 0.5) is 0 Å². The molecular weight excluding hydrogens is 1870 g/mol. The Kier molecular flexibility index (Phi) is 60.4.